The summed E-state index contributed by atoms with van der Waals surface area (Å²) < 4.78 is 25.2. The lowest BCUT2D eigenvalue weighted by Crippen LogP contribution is -2.66. The molecule has 2 bridgehead atoms. The molecule has 0 radical (unpaired) electrons. The Morgan fingerprint density at radius 2 is 1.70 bits per heavy atom. The van der Waals surface area contributed by atoms with Crippen LogP contribution in [0.1, 0.15) is 100 Å². The summed E-state index contributed by atoms with van der Waals surface area (Å²) in [6.45, 7) is 18.1. The molecule has 1 spiro atoms. The molecular weight excluding hydrogens is 584 g/mol. The molecule has 3 saturated carbocycles. The molecule has 0 amide bonds. The smallest absolute Gasteiger partial charge is 0.186 e. The van der Waals surface area contributed by atoms with Crippen LogP contribution >= 0.6 is 0 Å². The molecule has 0 aromatic heterocycles. The first-order valence-electron chi connectivity index (χ1n) is 18.0. The fraction of sp³-hybridized carbons (Fsp3) is 0.895. The van der Waals surface area contributed by atoms with Gasteiger partial charge in [-0.25, -0.2) is 0 Å². The van der Waals surface area contributed by atoms with Crippen LogP contribution in [-0.2, 0) is 18.9 Å². The van der Waals surface area contributed by atoms with Gasteiger partial charge in [0.15, 0.2) is 6.29 Å². The molecule has 6 aliphatic rings. The van der Waals surface area contributed by atoms with E-state index < -0.39 is 48.3 Å². The molecule has 0 aromatic carbocycles. The Labute approximate surface area is 276 Å². The van der Waals surface area contributed by atoms with Gasteiger partial charge in [-0.1, -0.05) is 58.9 Å². The van der Waals surface area contributed by atoms with Crippen molar-refractivity contribution in [2.24, 2.45) is 45.3 Å². The summed E-state index contributed by atoms with van der Waals surface area (Å²) in [6, 6.07) is 0. The summed E-state index contributed by atoms with van der Waals surface area (Å²) >= 11 is 0. The lowest BCUT2D eigenvalue weighted by Gasteiger charge is -2.66. The van der Waals surface area contributed by atoms with Crippen molar-refractivity contribution in [1.82, 2.24) is 0 Å². The molecular formula is C38H62O8. The number of hydrogen-bond donors (Lipinski definition) is 4. The van der Waals surface area contributed by atoms with Gasteiger partial charge in [0.05, 0.1) is 30.0 Å². The van der Waals surface area contributed by atoms with Crippen LogP contribution in [-0.4, -0.2) is 88.3 Å². The van der Waals surface area contributed by atoms with Gasteiger partial charge in [0.25, 0.3) is 0 Å². The largest absolute Gasteiger partial charge is 0.394 e. The highest BCUT2D eigenvalue weighted by Crippen LogP contribution is 2.79. The van der Waals surface area contributed by atoms with E-state index in [4.69, 9.17) is 18.9 Å². The van der Waals surface area contributed by atoms with Gasteiger partial charge in [-0.05, 0) is 94.3 Å². The Morgan fingerprint density at radius 1 is 0.978 bits per heavy atom. The zero-order chi connectivity index (χ0) is 33.7. The van der Waals surface area contributed by atoms with Crippen LogP contribution in [0.3, 0.4) is 0 Å². The fourth-order valence-electron chi connectivity index (χ4n) is 12.0. The molecule has 8 heteroatoms. The minimum atomic E-state index is -1.46. The van der Waals surface area contributed by atoms with E-state index in [0.717, 1.165) is 25.7 Å². The van der Waals surface area contributed by atoms with Gasteiger partial charge in [-0.2, -0.15) is 0 Å². The Bertz CT molecular complexity index is 1200. The maximum atomic E-state index is 10.8. The maximum Gasteiger partial charge on any atom is 0.186 e. The van der Waals surface area contributed by atoms with Gasteiger partial charge in [0.1, 0.15) is 24.4 Å². The van der Waals surface area contributed by atoms with Crippen LogP contribution in [0.4, 0.5) is 0 Å². The zero-order valence-electron chi connectivity index (χ0n) is 29.7. The predicted molar refractivity (Wildman–Crippen MR) is 176 cm³/mol. The summed E-state index contributed by atoms with van der Waals surface area (Å²) in [5, 5.41) is 41.2. The Hall–Kier alpha value is -0.840. The summed E-state index contributed by atoms with van der Waals surface area (Å²) in [5.41, 5.74) is -0.736. The van der Waals surface area contributed by atoms with Crippen LogP contribution in [0, 0.1) is 45.3 Å². The van der Waals surface area contributed by atoms with Crippen molar-refractivity contribution >= 4 is 0 Å². The van der Waals surface area contributed by atoms with Crippen LogP contribution in [0.25, 0.3) is 0 Å². The third-order valence-corrected chi connectivity index (χ3v) is 15.2. The Balaban J connectivity index is 1.27. The minimum Gasteiger partial charge on any atom is -0.394 e. The van der Waals surface area contributed by atoms with Crippen molar-refractivity contribution in [1.29, 1.82) is 0 Å². The summed E-state index contributed by atoms with van der Waals surface area (Å²) in [6.07, 6.45) is 10.5. The second kappa shape index (κ2) is 11.6. The standard InChI is InChI=1S/C38H62O8/c1-22(11-10-16-33(3,4)43-9)24-14-17-36(8)26-15-18-38-27(37(26,23(2)46-38)20-19-35(24,36)7)12-13-28(34(38,5)6)45-32-31(42)30(41)29(40)25(21-39)44-32/h10,15-16,18,22-32,39-42H,11-14,17,19-21H2,1-9H3/b16-10+/t22-,23+,24-,25-,26?,27?,28+,29+,30+,31-,32+,35-,36+,37+,38?/m1/s1. The topological polar surface area (TPSA) is 118 Å². The van der Waals surface area contributed by atoms with Crippen molar-refractivity contribution in [3.05, 3.63) is 24.3 Å². The molecule has 4 N–H and O–H groups in total. The van der Waals surface area contributed by atoms with Crippen LogP contribution in [0.15, 0.2) is 24.3 Å². The van der Waals surface area contributed by atoms with Crippen molar-refractivity contribution in [3.8, 4) is 0 Å². The first kappa shape index (κ1) is 35.0. The van der Waals surface area contributed by atoms with Gasteiger partial charge < -0.3 is 39.4 Å². The van der Waals surface area contributed by atoms with Crippen molar-refractivity contribution in [2.75, 3.05) is 13.7 Å². The lowest BCUT2D eigenvalue weighted by atomic mass is 9.37. The van der Waals surface area contributed by atoms with E-state index in [0.29, 0.717) is 23.7 Å². The number of fused-ring (bicyclic) bond motifs is 2. The van der Waals surface area contributed by atoms with Crippen molar-refractivity contribution in [3.63, 3.8) is 0 Å². The first-order valence-corrected chi connectivity index (χ1v) is 18.0. The van der Waals surface area contributed by atoms with Crippen molar-refractivity contribution < 1.29 is 39.4 Å². The minimum absolute atomic E-state index is 0.0505. The number of rotatable bonds is 8. The molecule has 15 atom stereocenters. The molecule has 2 heterocycles. The average molecular weight is 647 g/mol. The van der Waals surface area contributed by atoms with Gasteiger partial charge >= 0.3 is 0 Å². The van der Waals surface area contributed by atoms with E-state index in [1.807, 2.05) is 0 Å². The van der Waals surface area contributed by atoms with E-state index in [9.17, 15) is 20.4 Å². The molecule has 3 unspecified atom stereocenters. The Kier molecular flexibility index (Phi) is 8.84. The molecule has 5 fully saturated rings. The van der Waals surface area contributed by atoms with Crippen LogP contribution in [0.5, 0.6) is 0 Å². The second-order valence-corrected chi connectivity index (χ2v) is 17.6. The average Bonchev–Trinajstić information content (AvgIpc) is 3.37. The highest BCUT2D eigenvalue weighted by atomic mass is 16.7. The molecule has 8 nitrogen and oxygen atoms in total. The molecule has 262 valence electrons. The second-order valence-electron chi connectivity index (χ2n) is 17.6. The summed E-state index contributed by atoms with van der Waals surface area (Å²) in [4.78, 5) is 0. The monoisotopic (exact) mass is 646 g/mol. The molecule has 2 saturated heterocycles. The number of aliphatic hydroxyl groups is 4. The van der Waals surface area contributed by atoms with Gasteiger partial charge in [0.2, 0.25) is 0 Å². The number of hydrogen-bond acceptors (Lipinski definition) is 8. The Morgan fingerprint density at radius 3 is 2.37 bits per heavy atom. The summed E-state index contributed by atoms with van der Waals surface area (Å²) in [5.74, 6) is 2.06. The molecule has 2 aliphatic heterocycles. The quantitative estimate of drug-likeness (QED) is 0.267. The number of ether oxygens (including phenoxy) is 4. The van der Waals surface area contributed by atoms with Gasteiger partial charge in [-0.3, -0.25) is 0 Å². The third-order valence-electron chi connectivity index (χ3n) is 15.2. The number of aliphatic hydroxyl groups excluding tert-OH is 4. The van der Waals surface area contributed by atoms with E-state index in [-0.39, 0.29) is 34.1 Å². The van der Waals surface area contributed by atoms with E-state index in [2.05, 4.69) is 79.7 Å². The van der Waals surface area contributed by atoms with Crippen molar-refractivity contribution in [2.45, 2.75) is 154 Å². The highest BCUT2D eigenvalue weighted by Gasteiger charge is 2.77. The zero-order valence-corrected chi connectivity index (χ0v) is 29.7. The number of methoxy groups -OCH3 is 1. The van der Waals surface area contributed by atoms with E-state index in [1.54, 1.807) is 7.11 Å². The van der Waals surface area contributed by atoms with Crippen LogP contribution < -0.4 is 0 Å². The normalized spacial score (nSPS) is 51.9. The van der Waals surface area contributed by atoms with Crippen LogP contribution in [0.2, 0.25) is 0 Å². The molecule has 0 aromatic rings. The first-order chi connectivity index (χ1) is 21.5. The van der Waals surface area contributed by atoms with Gasteiger partial charge in [0, 0.05) is 23.9 Å². The lowest BCUT2D eigenvalue weighted by molar-refractivity contribution is -0.329. The fourth-order valence-corrected chi connectivity index (χ4v) is 12.0. The van der Waals surface area contributed by atoms with Gasteiger partial charge in [-0.15, -0.1) is 0 Å². The SMILES string of the molecule is COC(C)(C)/C=C/C[C@@H](C)[C@H]1CC[C@@]2(C)C3C=CC45O[C@@H](C)[C@]3(CC[C@]12C)C4CC[C@H](O[C@@H]1O[C@H](CO)[C@H](O)[C@H](O)[C@H]1O)C5(C)C. The predicted octanol–water partition coefficient (Wildman–Crippen LogP) is 5.16. The third kappa shape index (κ3) is 4.67. The molecule has 6 rings (SSSR count). The number of allylic oxidation sites excluding steroid dienone is 2. The molecule has 46 heavy (non-hydrogen) atoms. The van der Waals surface area contributed by atoms with E-state index in [1.165, 1.54) is 19.3 Å². The highest BCUT2D eigenvalue weighted by molar-refractivity contribution is 5.35. The molecule has 4 aliphatic carbocycles. The summed E-state index contributed by atoms with van der Waals surface area (Å²) in [7, 11) is 1.77. The maximum absolute atomic E-state index is 10.8. The van der Waals surface area contributed by atoms with E-state index >= 15 is 0 Å².